The summed E-state index contributed by atoms with van der Waals surface area (Å²) in [6.45, 7) is 0. The van der Waals surface area contributed by atoms with E-state index in [9.17, 15) is 13.6 Å². The van der Waals surface area contributed by atoms with Crippen molar-refractivity contribution in [2.75, 3.05) is 0 Å². The Morgan fingerprint density at radius 3 is 2.71 bits per heavy atom. The van der Waals surface area contributed by atoms with Gasteiger partial charge in [0.25, 0.3) is 12.0 Å². The molecule has 0 saturated carbocycles. The number of nitrogens with zero attached hydrogens (tertiary/aromatic N) is 1. The van der Waals surface area contributed by atoms with Crippen molar-refractivity contribution in [3.8, 4) is 6.07 Å². The minimum Gasteiger partial charge on any atom is -0.327 e. The van der Waals surface area contributed by atoms with E-state index in [1.165, 1.54) is 0 Å². The Balaban J connectivity index is 3.53. The van der Waals surface area contributed by atoms with Gasteiger partial charge in [0.2, 0.25) is 0 Å². The quantitative estimate of drug-likeness (QED) is 0.830. The molecule has 1 aromatic heterocycles. The fraction of sp³-hybridized carbons (Fsp3) is 0.250. The molecule has 0 fully saturated rings. The molecule has 0 aromatic carbocycles. The van der Waals surface area contributed by atoms with Crippen LogP contribution in [0.2, 0.25) is 0 Å². The molecule has 1 heterocycles. The Hall–Kier alpha value is -1.22. The van der Waals surface area contributed by atoms with E-state index in [0.717, 1.165) is 6.20 Å². The van der Waals surface area contributed by atoms with Gasteiger partial charge in [0, 0.05) is 11.5 Å². The third-order valence-corrected chi connectivity index (χ3v) is 2.28. The van der Waals surface area contributed by atoms with Crippen molar-refractivity contribution >= 4 is 15.9 Å². The molecule has 0 aliphatic heterocycles. The lowest BCUT2D eigenvalue weighted by Crippen LogP contribution is -2.16. The largest absolute Gasteiger partial charge is 0.327 e. The van der Waals surface area contributed by atoms with Crippen LogP contribution in [0.15, 0.2) is 11.0 Å². The SMILES string of the molecule is N#Cc1c[nH]c(=O)c(C(F)F)c1CBr. The number of pyridine rings is 1. The molecule has 0 amide bonds. The minimum absolute atomic E-state index is 0.0475. The summed E-state index contributed by atoms with van der Waals surface area (Å²) in [4.78, 5) is 13.1. The van der Waals surface area contributed by atoms with Crippen LogP contribution in [0.3, 0.4) is 0 Å². The lowest BCUT2D eigenvalue weighted by Gasteiger charge is -2.05. The summed E-state index contributed by atoms with van der Waals surface area (Å²) in [6, 6.07) is 1.74. The third kappa shape index (κ3) is 1.82. The van der Waals surface area contributed by atoms with Gasteiger partial charge in [-0.2, -0.15) is 5.26 Å². The Labute approximate surface area is 86.5 Å². The second-order valence-corrected chi connectivity index (χ2v) is 3.03. The van der Waals surface area contributed by atoms with Gasteiger partial charge < -0.3 is 4.98 Å². The normalized spacial score (nSPS) is 10.2. The van der Waals surface area contributed by atoms with Gasteiger partial charge in [-0.3, -0.25) is 4.79 Å². The molecule has 0 aliphatic carbocycles. The Kier molecular flexibility index (Phi) is 3.36. The number of H-pyrrole nitrogens is 1. The van der Waals surface area contributed by atoms with Gasteiger partial charge >= 0.3 is 0 Å². The van der Waals surface area contributed by atoms with Crippen LogP contribution in [0.25, 0.3) is 0 Å². The number of hydrogen-bond donors (Lipinski definition) is 1. The fourth-order valence-corrected chi connectivity index (χ4v) is 1.66. The van der Waals surface area contributed by atoms with Crippen molar-refractivity contribution in [2.45, 2.75) is 11.8 Å². The number of rotatable bonds is 2. The summed E-state index contributed by atoms with van der Waals surface area (Å²) in [6.07, 6.45) is -1.75. The highest BCUT2D eigenvalue weighted by Crippen LogP contribution is 2.23. The van der Waals surface area contributed by atoms with Crippen molar-refractivity contribution < 1.29 is 8.78 Å². The van der Waals surface area contributed by atoms with Crippen molar-refractivity contribution in [3.05, 3.63) is 33.2 Å². The Morgan fingerprint density at radius 1 is 1.64 bits per heavy atom. The first-order valence-electron chi connectivity index (χ1n) is 3.60. The maximum absolute atomic E-state index is 12.4. The first kappa shape index (κ1) is 10.9. The van der Waals surface area contributed by atoms with Crippen LogP contribution in [0.4, 0.5) is 8.78 Å². The highest BCUT2D eigenvalue weighted by molar-refractivity contribution is 9.08. The zero-order valence-corrected chi connectivity index (χ0v) is 8.44. The molecule has 74 valence electrons. The molecule has 0 atom stereocenters. The van der Waals surface area contributed by atoms with E-state index in [-0.39, 0.29) is 16.5 Å². The van der Waals surface area contributed by atoms with Crippen molar-refractivity contribution in [2.24, 2.45) is 0 Å². The first-order valence-corrected chi connectivity index (χ1v) is 4.72. The molecular formula is C8H5BrF2N2O. The number of halogens is 3. The number of aromatic nitrogens is 1. The molecule has 14 heavy (non-hydrogen) atoms. The summed E-state index contributed by atoms with van der Waals surface area (Å²) < 4.78 is 24.9. The monoisotopic (exact) mass is 262 g/mol. The number of aromatic amines is 1. The molecule has 3 nitrogen and oxygen atoms in total. The van der Waals surface area contributed by atoms with Crippen molar-refractivity contribution in [1.29, 1.82) is 5.26 Å². The van der Waals surface area contributed by atoms with Crippen LogP contribution in [-0.2, 0) is 5.33 Å². The summed E-state index contributed by atoms with van der Waals surface area (Å²) >= 11 is 2.97. The van der Waals surface area contributed by atoms with Gasteiger partial charge in [-0.25, -0.2) is 8.78 Å². The molecule has 0 radical (unpaired) electrons. The molecular weight excluding hydrogens is 258 g/mol. The molecule has 0 saturated heterocycles. The van der Waals surface area contributed by atoms with Crippen LogP contribution < -0.4 is 5.56 Å². The average Bonchev–Trinajstić information content (AvgIpc) is 2.16. The molecule has 0 aliphatic rings. The highest BCUT2D eigenvalue weighted by atomic mass is 79.9. The van der Waals surface area contributed by atoms with E-state index in [2.05, 4.69) is 20.9 Å². The zero-order chi connectivity index (χ0) is 10.7. The molecule has 1 aromatic rings. The zero-order valence-electron chi connectivity index (χ0n) is 6.85. The number of alkyl halides is 3. The molecule has 0 unspecified atom stereocenters. The lowest BCUT2D eigenvalue weighted by molar-refractivity contribution is 0.148. The highest BCUT2D eigenvalue weighted by Gasteiger charge is 2.19. The molecule has 0 bridgehead atoms. The number of hydrogen-bond acceptors (Lipinski definition) is 2. The standard InChI is InChI=1S/C8H5BrF2N2O/c9-1-5-4(2-12)3-13-8(14)6(5)7(10)11/h3,7H,1H2,(H,13,14). The van der Waals surface area contributed by atoms with Gasteiger partial charge in [0.15, 0.2) is 0 Å². The van der Waals surface area contributed by atoms with Gasteiger partial charge in [-0.05, 0) is 5.56 Å². The van der Waals surface area contributed by atoms with E-state index in [1.807, 2.05) is 0 Å². The Bertz CT molecular complexity index is 436. The molecule has 6 heteroatoms. The van der Waals surface area contributed by atoms with Crippen molar-refractivity contribution in [1.82, 2.24) is 4.98 Å². The predicted molar refractivity (Wildman–Crippen MR) is 49.4 cm³/mol. The van der Waals surface area contributed by atoms with E-state index in [4.69, 9.17) is 5.26 Å². The van der Waals surface area contributed by atoms with Gasteiger partial charge in [-0.15, -0.1) is 0 Å². The second kappa shape index (κ2) is 4.33. The smallest absolute Gasteiger partial charge is 0.269 e. The first-order chi connectivity index (χ1) is 6.61. The summed E-state index contributed by atoms with van der Waals surface area (Å²) in [5.74, 6) is 0. The van der Waals surface area contributed by atoms with Crippen LogP contribution in [-0.4, -0.2) is 4.98 Å². The fourth-order valence-electron chi connectivity index (χ4n) is 1.06. The molecule has 0 spiro atoms. The van der Waals surface area contributed by atoms with Crippen LogP contribution in [0, 0.1) is 11.3 Å². The van der Waals surface area contributed by atoms with E-state index < -0.39 is 17.5 Å². The topological polar surface area (TPSA) is 56.6 Å². The predicted octanol–water partition coefficient (Wildman–Crippen LogP) is 2.08. The maximum atomic E-state index is 12.4. The number of nitriles is 1. The Morgan fingerprint density at radius 2 is 2.29 bits per heavy atom. The van der Waals surface area contributed by atoms with Gasteiger partial charge in [0.1, 0.15) is 6.07 Å². The summed E-state index contributed by atoms with van der Waals surface area (Å²) in [5.41, 5.74) is -1.39. The minimum atomic E-state index is -2.88. The molecule has 1 rings (SSSR count). The van der Waals surface area contributed by atoms with E-state index in [1.54, 1.807) is 6.07 Å². The molecule has 1 N–H and O–H groups in total. The van der Waals surface area contributed by atoms with Crippen molar-refractivity contribution in [3.63, 3.8) is 0 Å². The van der Waals surface area contributed by atoms with E-state index >= 15 is 0 Å². The van der Waals surface area contributed by atoms with Gasteiger partial charge in [0.05, 0.1) is 11.1 Å². The number of nitrogens with one attached hydrogen (secondary N) is 1. The summed E-state index contributed by atoms with van der Waals surface area (Å²) in [7, 11) is 0. The average molecular weight is 263 g/mol. The van der Waals surface area contributed by atoms with Gasteiger partial charge in [-0.1, -0.05) is 15.9 Å². The van der Waals surface area contributed by atoms with Crippen LogP contribution >= 0.6 is 15.9 Å². The lowest BCUT2D eigenvalue weighted by atomic mass is 10.1. The van der Waals surface area contributed by atoms with Crippen LogP contribution in [0.5, 0.6) is 0 Å². The van der Waals surface area contributed by atoms with E-state index in [0.29, 0.717) is 0 Å². The maximum Gasteiger partial charge on any atom is 0.269 e. The third-order valence-electron chi connectivity index (χ3n) is 1.71. The summed E-state index contributed by atoms with van der Waals surface area (Å²) in [5, 5.41) is 8.66. The van der Waals surface area contributed by atoms with Crippen LogP contribution in [0.1, 0.15) is 23.1 Å². The second-order valence-electron chi connectivity index (χ2n) is 2.47.